The number of amides is 1. The second-order valence-corrected chi connectivity index (χ2v) is 6.49. The van der Waals surface area contributed by atoms with Crippen molar-refractivity contribution in [2.75, 3.05) is 32.7 Å². The fourth-order valence-corrected chi connectivity index (χ4v) is 2.99. The van der Waals surface area contributed by atoms with Crippen molar-refractivity contribution in [1.29, 1.82) is 0 Å². The smallest absolute Gasteiger partial charge is 0.289 e. The Kier molecular flexibility index (Phi) is 8.43. The standard InChI is InChI=1S/C19H23ClN4O2.HI/c1-2-21-19(22-14-15-5-7-16(20)8-6-15)24-11-9-23(10-12-24)18(25)17-4-3-13-26-17;/h3-8,13H,2,9-12,14H2,1H3,(H,21,22);1H. The SMILES string of the molecule is CCNC(=NCc1ccc(Cl)cc1)N1CCN(C(=O)c2ccco2)CC1.I. The summed E-state index contributed by atoms with van der Waals surface area (Å²) in [7, 11) is 0. The Morgan fingerprint density at radius 1 is 1.15 bits per heavy atom. The molecule has 1 aliphatic rings. The first-order valence-corrected chi connectivity index (χ1v) is 9.15. The van der Waals surface area contributed by atoms with E-state index in [1.54, 1.807) is 12.1 Å². The number of aliphatic imine (C=N–C) groups is 1. The Balaban J connectivity index is 0.00000261. The van der Waals surface area contributed by atoms with Gasteiger partial charge in [0.1, 0.15) is 0 Å². The Hall–Kier alpha value is -1.74. The van der Waals surface area contributed by atoms with Crippen LogP contribution in [0.1, 0.15) is 23.0 Å². The first-order chi connectivity index (χ1) is 12.7. The lowest BCUT2D eigenvalue weighted by Gasteiger charge is -2.36. The first kappa shape index (κ1) is 21.6. The molecule has 27 heavy (non-hydrogen) atoms. The summed E-state index contributed by atoms with van der Waals surface area (Å²) in [6.45, 7) is 6.19. The van der Waals surface area contributed by atoms with E-state index in [4.69, 9.17) is 21.0 Å². The lowest BCUT2D eigenvalue weighted by Crippen LogP contribution is -2.53. The predicted molar refractivity (Wildman–Crippen MR) is 118 cm³/mol. The molecule has 0 atom stereocenters. The van der Waals surface area contributed by atoms with Crippen molar-refractivity contribution < 1.29 is 9.21 Å². The molecular weight excluding hydrogens is 479 g/mol. The van der Waals surface area contributed by atoms with Gasteiger partial charge in [0.05, 0.1) is 12.8 Å². The van der Waals surface area contributed by atoms with Gasteiger partial charge in [-0.1, -0.05) is 23.7 Å². The summed E-state index contributed by atoms with van der Waals surface area (Å²) in [5, 5.41) is 4.06. The number of guanidine groups is 1. The zero-order valence-corrected chi connectivity index (χ0v) is 18.3. The van der Waals surface area contributed by atoms with Gasteiger partial charge >= 0.3 is 0 Å². The third-order valence-electron chi connectivity index (χ3n) is 4.26. The van der Waals surface area contributed by atoms with E-state index in [0.29, 0.717) is 25.4 Å². The fourth-order valence-electron chi connectivity index (χ4n) is 2.86. The topological polar surface area (TPSA) is 61.1 Å². The number of carbonyl (C=O) groups is 1. The van der Waals surface area contributed by atoms with Gasteiger partial charge in [0.25, 0.3) is 5.91 Å². The van der Waals surface area contributed by atoms with Crippen molar-refractivity contribution in [3.8, 4) is 0 Å². The Bertz CT molecular complexity index is 742. The van der Waals surface area contributed by atoms with E-state index in [-0.39, 0.29) is 29.9 Å². The highest BCUT2D eigenvalue weighted by Crippen LogP contribution is 2.12. The van der Waals surface area contributed by atoms with E-state index in [1.165, 1.54) is 6.26 Å². The van der Waals surface area contributed by atoms with Crippen LogP contribution >= 0.6 is 35.6 Å². The maximum absolute atomic E-state index is 12.4. The number of furan rings is 1. The third kappa shape index (κ3) is 5.87. The molecule has 0 radical (unpaired) electrons. The molecular formula is C19H24ClIN4O2. The summed E-state index contributed by atoms with van der Waals surface area (Å²) in [5.41, 5.74) is 1.11. The predicted octanol–water partition coefficient (Wildman–Crippen LogP) is 3.47. The highest BCUT2D eigenvalue weighted by Gasteiger charge is 2.25. The molecule has 0 saturated carbocycles. The van der Waals surface area contributed by atoms with Crippen LogP contribution in [0.25, 0.3) is 0 Å². The number of benzene rings is 1. The summed E-state index contributed by atoms with van der Waals surface area (Å²) >= 11 is 5.93. The van der Waals surface area contributed by atoms with Gasteiger partial charge in [-0.2, -0.15) is 0 Å². The first-order valence-electron chi connectivity index (χ1n) is 8.78. The van der Waals surface area contributed by atoms with Gasteiger partial charge in [0, 0.05) is 37.7 Å². The number of nitrogens with zero attached hydrogens (tertiary/aromatic N) is 3. The third-order valence-corrected chi connectivity index (χ3v) is 4.51. The molecule has 0 aliphatic carbocycles. The number of rotatable bonds is 4. The Labute approximate surface area is 181 Å². The minimum Gasteiger partial charge on any atom is -0.459 e. The number of hydrogen-bond acceptors (Lipinski definition) is 3. The molecule has 1 fully saturated rings. The van der Waals surface area contributed by atoms with Crippen molar-refractivity contribution >= 4 is 47.4 Å². The van der Waals surface area contributed by atoms with Crippen LogP contribution < -0.4 is 5.32 Å². The molecule has 1 aromatic heterocycles. The van der Waals surface area contributed by atoms with Crippen LogP contribution in [0.2, 0.25) is 5.02 Å². The highest BCUT2D eigenvalue weighted by atomic mass is 127. The van der Waals surface area contributed by atoms with E-state index in [9.17, 15) is 4.79 Å². The van der Waals surface area contributed by atoms with Crippen LogP contribution in [0.15, 0.2) is 52.1 Å². The van der Waals surface area contributed by atoms with Crippen LogP contribution in [0, 0.1) is 0 Å². The monoisotopic (exact) mass is 502 g/mol. The molecule has 0 bridgehead atoms. The zero-order valence-electron chi connectivity index (χ0n) is 15.2. The minimum atomic E-state index is -0.0576. The molecule has 1 aromatic carbocycles. The normalized spacial score (nSPS) is 14.7. The van der Waals surface area contributed by atoms with E-state index >= 15 is 0 Å². The van der Waals surface area contributed by atoms with Crippen molar-refractivity contribution in [1.82, 2.24) is 15.1 Å². The number of halogens is 2. The molecule has 1 amide bonds. The lowest BCUT2D eigenvalue weighted by atomic mass is 10.2. The largest absolute Gasteiger partial charge is 0.459 e. The van der Waals surface area contributed by atoms with Gasteiger partial charge in [0.15, 0.2) is 11.7 Å². The average Bonchev–Trinajstić information content (AvgIpc) is 3.21. The van der Waals surface area contributed by atoms with E-state index in [2.05, 4.69) is 17.1 Å². The quantitative estimate of drug-likeness (QED) is 0.395. The van der Waals surface area contributed by atoms with E-state index in [0.717, 1.165) is 36.2 Å². The van der Waals surface area contributed by atoms with Gasteiger partial charge in [-0.15, -0.1) is 24.0 Å². The summed E-state index contributed by atoms with van der Waals surface area (Å²) < 4.78 is 5.21. The number of nitrogens with one attached hydrogen (secondary N) is 1. The molecule has 2 heterocycles. The highest BCUT2D eigenvalue weighted by molar-refractivity contribution is 14.0. The van der Waals surface area contributed by atoms with E-state index in [1.807, 2.05) is 29.2 Å². The zero-order chi connectivity index (χ0) is 18.4. The van der Waals surface area contributed by atoms with Gasteiger partial charge < -0.3 is 19.5 Å². The summed E-state index contributed by atoms with van der Waals surface area (Å²) in [5.74, 6) is 1.20. The van der Waals surface area contributed by atoms with Gasteiger partial charge in [-0.05, 0) is 36.8 Å². The molecule has 3 rings (SSSR count). The molecule has 8 heteroatoms. The molecule has 146 valence electrons. The van der Waals surface area contributed by atoms with Gasteiger partial charge in [-0.3, -0.25) is 4.79 Å². The van der Waals surface area contributed by atoms with Crippen molar-refractivity contribution in [2.45, 2.75) is 13.5 Å². The number of hydrogen-bond donors (Lipinski definition) is 1. The van der Waals surface area contributed by atoms with Crippen molar-refractivity contribution in [3.05, 3.63) is 59.0 Å². The molecule has 1 saturated heterocycles. The Morgan fingerprint density at radius 3 is 2.41 bits per heavy atom. The maximum Gasteiger partial charge on any atom is 0.289 e. The maximum atomic E-state index is 12.4. The van der Waals surface area contributed by atoms with Crippen LogP contribution in [0.4, 0.5) is 0 Å². The summed E-state index contributed by atoms with van der Waals surface area (Å²) in [4.78, 5) is 21.1. The van der Waals surface area contributed by atoms with E-state index < -0.39 is 0 Å². The van der Waals surface area contributed by atoms with Crippen LogP contribution in [0.5, 0.6) is 0 Å². The van der Waals surface area contributed by atoms with Crippen LogP contribution in [0.3, 0.4) is 0 Å². The molecule has 0 unspecified atom stereocenters. The Morgan fingerprint density at radius 2 is 1.81 bits per heavy atom. The summed E-state index contributed by atoms with van der Waals surface area (Å²) in [6, 6.07) is 11.1. The minimum absolute atomic E-state index is 0. The van der Waals surface area contributed by atoms with Crippen molar-refractivity contribution in [2.24, 2.45) is 4.99 Å². The fraction of sp³-hybridized carbons (Fsp3) is 0.368. The number of carbonyl (C=O) groups excluding carboxylic acids is 1. The molecule has 1 aliphatic heterocycles. The molecule has 2 aromatic rings. The molecule has 6 nitrogen and oxygen atoms in total. The number of piperazine rings is 1. The molecule has 1 N–H and O–H groups in total. The second-order valence-electron chi connectivity index (χ2n) is 6.05. The van der Waals surface area contributed by atoms with Crippen LogP contribution in [-0.4, -0.2) is 54.4 Å². The summed E-state index contributed by atoms with van der Waals surface area (Å²) in [6.07, 6.45) is 1.52. The molecule has 0 spiro atoms. The van der Waals surface area contributed by atoms with Crippen molar-refractivity contribution in [3.63, 3.8) is 0 Å². The van der Waals surface area contributed by atoms with Crippen LogP contribution in [-0.2, 0) is 6.54 Å². The second kappa shape index (κ2) is 10.6. The lowest BCUT2D eigenvalue weighted by molar-refractivity contribution is 0.0657. The van der Waals surface area contributed by atoms with Gasteiger partial charge in [0.2, 0.25) is 0 Å². The average molecular weight is 503 g/mol. The van der Waals surface area contributed by atoms with Gasteiger partial charge in [-0.25, -0.2) is 4.99 Å².